The van der Waals surface area contributed by atoms with Gasteiger partial charge >= 0.3 is 0 Å². The fourth-order valence-electron chi connectivity index (χ4n) is 1.11. The zero-order valence-corrected chi connectivity index (χ0v) is 8.91. The molecule has 1 nitrogen and oxygen atoms in total. The number of carbonyl (C=O) groups excluding carboxylic acids is 1. The first-order valence-corrected chi connectivity index (χ1v) is 5.26. The van der Waals surface area contributed by atoms with Gasteiger partial charge in [0.05, 0.1) is 0 Å². The molecule has 0 atom stereocenters. The summed E-state index contributed by atoms with van der Waals surface area (Å²) in [5.41, 5.74) is 3.05. The van der Waals surface area contributed by atoms with Crippen molar-refractivity contribution in [1.82, 2.24) is 0 Å². The van der Waals surface area contributed by atoms with Crippen LogP contribution in [0.5, 0.6) is 0 Å². The molecular formula is C11H14OS. The normalized spacial score (nSPS) is 10.0. The quantitative estimate of drug-likeness (QED) is 0.528. The Morgan fingerprint density at radius 2 is 2.15 bits per heavy atom. The molecular weight excluding hydrogens is 180 g/mol. The lowest BCUT2D eigenvalue weighted by atomic mass is 10.0. The van der Waals surface area contributed by atoms with Crippen LogP contribution in [0.3, 0.4) is 0 Å². The fourth-order valence-corrected chi connectivity index (χ4v) is 1.96. The third-order valence-electron chi connectivity index (χ3n) is 1.93. The van der Waals surface area contributed by atoms with E-state index in [-0.39, 0.29) is 5.78 Å². The van der Waals surface area contributed by atoms with Crippen molar-refractivity contribution in [3.8, 4) is 0 Å². The molecule has 0 aromatic carbocycles. The van der Waals surface area contributed by atoms with Crippen LogP contribution in [0.15, 0.2) is 22.9 Å². The molecule has 0 bridgehead atoms. The maximum absolute atomic E-state index is 11.6. The second kappa shape index (κ2) is 4.38. The number of carbonyl (C=O) groups is 1. The number of aryl methyl sites for hydroxylation is 1. The number of hydrogen-bond donors (Lipinski definition) is 0. The lowest BCUT2D eigenvalue weighted by Crippen LogP contribution is -1.98. The second-order valence-corrected chi connectivity index (χ2v) is 4.09. The standard InChI is InChI=1S/C11H14OS/c1-8(2)4-5-11(12)10-7-13-6-9(10)3/h6-7H,1,4-5H2,2-3H3. The lowest BCUT2D eigenvalue weighted by molar-refractivity contribution is 0.0982. The molecule has 1 rings (SSSR count). The first-order chi connectivity index (χ1) is 6.11. The van der Waals surface area contributed by atoms with Crippen LogP contribution in [-0.4, -0.2) is 5.78 Å². The van der Waals surface area contributed by atoms with E-state index < -0.39 is 0 Å². The number of ketones is 1. The maximum Gasteiger partial charge on any atom is 0.164 e. The summed E-state index contributed by atoms with van der Waals surface area (Å²) in [6, 6.07) is 0. The molecule has 1 heterocycles. The first-order valence-electron chi connectivity index (χ1n) is 4.31. The number of Topliss-reactive ketones (excluding diaryl/α,β-unsaturated/α-hetero) is 1. The molecule has 0 aliphatic carbocycles. The summed E-state index contributed by atoms with van der Waals surface area (Å²) in [4.78, 5) is 11.6. The Morgan fingerprint density at radius 1 is 1.46 bits per heavy atom. The molecule has 0 unspecified atom stereocenters. The number of thiophene rings is 1. The topological polar surface area (TPSA) is 17.1 Å². The van der Waals surface area contributed by atoms with E-state index in [1.807, 2.05) is 24.6 Å². The van der Waals surface area contributed by atoms with E-state index in [9.17, 15) is 4.79 Å². The van der Waals surface area contributed by atoms with Crippen molar-refractivity contribution in [3.05, 3.63) is 34.0 Å². The van der Waals surface area contributed by atoms with E-state index in [1.54, 1.807) is 11.3 Å². The molecule has 1 aromatic heterocycles. The molecule has 0 N–H and O–H groups in total. The zero-order valence-electron chi connectivity index (χ0n) is 8.09. The summed E-state index contributed by atoms with van der Waals surface area (Å²) in [6.07, 6.45) is 1.39. The lowest BCUT2D eigenvalue weighted by Gasteiger charge is -1.99. The van der Waals surface area contributed by atoms with E-state index in [1.165, 1.54) is 0 Å². The highest BCUT2D eigenvalue weighted by Gasteiger charge is 2.08. The van der Waals surface area contributed by atoms with Crippen molar-refractivity contribution in [2.45, 2.75) is 26.7 Å². The van der Waals surface area contributed by atoms with Crippen molar-refractivity contribution in [2.24, 2.45) is 0 Å². The molecule has 0 saturated carbocycles. The minimum absolute atomic E-state index is 0.238. The summed E-state index contributed by atoms with van der Waals surface area (Å²) >= 11 is 1.59. The van der Waals surface area contributed by atoms with Crippen molar-refractivity contribution in [2.75, 3.05) is 0 Å². The van der Waals surface area contributed by atoms with E-state index in [0.717, 1.165) is 23.1 Å². The first kappa shape index (κ1) is 10.2. The van der Waals surface area contributed by atoms with Crippen molar-refractivity contribution in [3.63, 3.8) is 0 Å². The van der Waals surface area contributed by atoms with Crippen molar-refractivity contribution >= 4 is 17.1 Å². The third kappa shape index (κ3) is 2.81. The van der Waals surface area contributed by atoms with E-state index in [4.69, 9.17) is 0 Å². The summed E-state index contributed by atoms with van der Waals surface area (Å²) < 4.78 is 0. The Hall–Kier alpha value is -0.890. The Labute approximate surface area is 83.1 Å². The molecule has 0 aliphatic rings. The summed E-state index contributed by atoms with van der Waals surface area (Å²) in [6.45, 7) is 7.71. The van der Waals surface area contributed by atoms with Gasteiger partial charge in [0.15, 0.2) is 5.78 Å². The van der Waals surface area contributed by atoms with Crippen LogP contribution in [0, 0.1) is 6.92 Å². The molecule has 0 spiro atoms. The third-order valence-corrected chi connectivity index (χ3v) is 2.80. The molecule has 0 radical (unpaired) electrons. The molecule has 0 aliphatic heterocycles. The van der Waals surface area contributed by atoms with Gasteiger partial charge in [0.2, 0.25) is 0 Å². The molecule has 70 valence electrons. The van der Waals surface area contributed by atoms with E-state index in [2.05, 4.69) is 6.58 Å². The highest BCUT2D eigenvalue weighted by atomic mass is 32.1. The van der Waals surface area contributed by atoms with Gasteiger partial charge in [0, 0.05) is 17.4 Å². The van der Waals surface area contributed by atoms with Gasteiger partial charge in [-0.2, -0.15) is 11.3 Å². The van der Waals surface area contributed by atoms with Crippen LogP contribution in [0.2, 0.25) is 0 Å². The van der Waals surface area contributed by atoms with Crippen molar-refractivity contribution in [1.29, 1.82) is 0 Å². The van der Waals surface area contributed by atoms with Gasteiger partial charge in [-0.25, -0.2) is 0 Å². The van der Waals surface area contributed by atoms with Crippen molar-refractivity contribution < 1.29 is 4.79 Å². The molecule has 1 aromatic rings. The minimum Gasteiger partial charge on any atom is -0.294 e. The van der Waals surface area contributed by atoms with Crippen LogP contribution in [0.25, 0.3) is 0 Å². The average Bonchev–Trinajstić information content (AvgIpc) is 2.47. The number of allylic oxidation sites excluding steroid dienone is 1. The van der Waals surface area contributed by atoms with Gasteiger partial charge in [-0.1, -0.05) is 5.57 Å². The average molecular weight is 194 g/mol. The Bertz CT molecular complexity index is 323. The zero-order chi connectivity index (χ0) is 9.84. The minimum atomic E-state index is 0.238. The van der Waals surface area contributed by atoms with Gasteiger partial charge in [-0.3, -0.25) is 4.79 Å². The monoisotopic (exact) mass is 194 g/mol. The summed E-state index contributed by atoms with van der Waals surface area (Å²) in [7, 11) is 0. The van der Waals surface area contributed by atoms with Crippen LogP contribution in [-0.2, 0) is 0 Å². The molecule has 0 saturated heterocycles. The Morgan fingerprint density at radius 3 is 2.62 bits per heavy atom. The predicted octanol–water partition coefficient (Wildman–Crippen LogP) is 3.60. The van der Waals surface area contributed by atoms with Crippen LogP contribution in [0.1, 0.15) is 35.7 Å². The van der Waals surface area contributed by atoms with Gasteiger partial charge in [0.1, 0.15) is 0 Å². The molecule has 0 amide bonds. The molecule has 0 fully saturated rings. The highest BCUT2D eigenvalue weighted by Crippen LogP contribution is 2.17. The largest absolute Gasteiger partial charge is 0.294 e. The number of hydrogen-bond acceptors (Lipinski definition) is 2. The summed E-state index contributed by atoms with van der Waals surface area (Å²) in [5, 5.41) is 3.93. The van der Waals surface area contributed by atoms with Crippen LogP contribution >= 0.6 is 11.3 Å². The van der Waals surface area contributed by atoms with Gasteiger partial charge in [-0.15, -0.1) is 6.58 Å². The Balaban J connectivity index is 2.59. The highest BCUT2D eigenvalue weighted by molar-refractivity contribution is 7.08. The van der Waals surface area contributed by atoms with Crippen LogP contribution in [0.4, 0.5) is 0 Å². The van der Waals surface area contributed by atoms with Crippen LogP contribution < -0.4 is 0 Å². The van der Waals surface area contributed by atoms with Gasteiger partial charge in [0.25, 0.3) is 0 Å². The second-order valence-electron chi connectivity index (χ2n) is 3.35. The SMILES string of the molecule is C=C(C)CCC(=O)c1cscc1C. The fraction of sp³-hybridized carbons (Fsp3) is 0.364. The van der Waals surface area contributed by atoms with Gasteiger partial charge in [-0.05, 0) is 31.2 Å². The maximum atomic E-state index is 11.6. The Kier molecular flexibility index (Phi) is 3.43. The van der Waals surface area contributed by atoms with Gasteiger partial charge < -0.3 is 0 Å². The number of rotatable bonds is 4. The van der Waals surface area contributed by atoms with E-state index in [0.29, 0.717) is 6.42 Å². The molecule has 13 heavy (non-hydrogen) atoms. The van der Waals surface area contributed by atoms with E-state index >= 15 is 0 Å². The molecule has 2 heteroatoms. The smallest absolute Gasteiger partial charge is 0.164 e. The predicted molar refractivity (Wildman–Crippen MR) is 57.4 cm³/mol. The summed E-state index contributed by atoms with van der Waals surface area (Å²) in [5.74, 6) is 0.238.